The molecule has 3 saturated carbocycles. The minimum Gasteiger partial charge on any atom is -0.395 e. The smallest absolute Gasteiger partial charge is 0.230 e. The summed E-state index contributed by atoms with van der Waals surface area (Å²) in [7, 11) is 0. The van der Waals surface area contributed by atoms with Gasteiger partial charge in [-0.3, -0.25) is 0 Å². The van der Waals surface area contributed by atoms with Crippen molar-refractivity contribution in [2.24, 2.45) is 39.7 Å². The minimum absolute atomic E-state index is 0.371. The van der Waals surface area contributed by atoms with Crippen LogP contribution in [0.1, 0.15) is 83.9 Å². The maximum atomic E-state index is 5.60. The van der Waals surface area contributed by atoms with E-state index in [2.05, 4.69) is 42.1 Å². The van der Waals surface area contributed by atoms with Crippen molar-refractivity contribution in [3.63, 3.8) is 0 Å². The summed E-state index contributed by atoms with van der Waals surface area (Å²) in [5, 5.41) is 8.27. The molecular formula is C25H37N3O2. The maximum Gasteiger partial charge on any atom is 0.230 e. The van der Waals surface area contributed by atoms with Crippen LogP contribution in [0.4, 0.5) is 0 Å². The summed E-state index contributed by atoms with van der Waals surface area (Å²) >= 11 is 0. The second-order valence-corrected chi connectivity index (χ2v) is 10.9. The first-order valence-corrected chi connectivity index (χ1v) is 12.1. The lowest BCUT2D eigenvalue weighted by Gasteiger charge is -2.58. The highest BCUT2D eigenvalue weighted by Crippen LogP contribution is 2.66. The minimum atomic E-state index is 0.371. The molecule has 1 heterocycles. The lowest BCUT2D eigenvalue weighted by atomic mass is 9.47. The molecule has 0 radical (unpaired) electrons. The predicted molar refractivity (Wildman–Crippen MR) is 117 cm³/mol. The number of aryl methyl sites for hydroxylation is 1. The molecule has 1 aromatic heterocycles. The quantitative estimate of drug-likeness (QED) is 0.458. The van der Waals surface area contributed by atoms with Gasteiger partial charge in [0, 0.05) is 0 Å². The van der Waals surface area contributed by atoms with Gasteiger partial charge >= 0.3 is 0 Å². The zero-order chi connectivity index (χ0) is 20.9. The molecule has 164 valence electrons. The van der Waals surface area contributed by atoms with Crippen LogP contribution in [0.15, 0.2) is 21.3 Å². The molecule has 1 aromatic rings. The molecular weight excluding hydrogens is 374 g/mol. The van der Waals surface area contributed by atoms with Gasteiger partial charge in [0.15, 0.2) is 5.82 Å². The van der Waals surface area contributed by atoms with Gasteiger partial charge in [-0.25, -0.2) is 0 Å². The Hall–Kier alpha value is -1.65. The van der Waals surface area contributed by atoms with Crippen molar-refractivity contribution in [3.8, 4) is 0 Å². The number of aromatic nitrogens is 2. The molecule has 0 N–H and O–H groups in total. The van der Waals surface area contributed by atoms with Crippen LogP contribution in [0.5, 0.6) is 0 Å². The molecule has 0 aliphatic heterocycles. The Morgan fingerprint density at radius 2 is 2.00 bits per heavy atom. The highest BCUT2D eigenvalue weighted by atomic mass is 16.6. The monoisotopic (exact) mass is 411 g/mol. The maximum absolute atomic E-state index is 5.60. The van der Waals surface area contributed by atoms with Crippen molar-refractivity contribution in [1.29, 1.82) is 0 Å². The fourth-order valence-electron chi connectivity index (χ4n) is 7.61. The molecule has 4 aliphatic carbocycles. The lowest BCUT2D eigenvalue weighted by Crippen LogP contribution is -2.50. The van der Waals surface area contributed by atoms with E-state index in [4.69, 9.17) is 9.36 Å². The van der Waals surface area contributed by atoms with E-state index in [1.807, 2.05) is 6.92 Å². The first-order valence-electron chi connectivity index (χ1n) is 12.1. The Kier molecular flexibility index (Phi) is 5.06. The van der Waals surface area contributed by atoms with Crippen LogP contribution in [0.3, 0.4) is 0 Å². The second kappa shape index (κ2) is 7.49. The van der Waals surface area contributed by atoms with Gasteiger partial charge in [-0.2, -0.15) is 4.98 Å². The summed E-state index contributed by atoms with van der Waals surface area (Å²) in [6.45, 7) is 9.99. The van der Waals surface area contributed by atoms with Gasteiger partial charge in [-0.1, -0.05) is 36.7 Å². The molecule has 0 aromatic carbocycles. The summed E-state index contributed by atoms with van der Waals surface area (Å²) < 4.78 is 5.13. The topological polar surface area (TPSA) is 60.5 Å². The van der Waals surface area contributed by atoms with Gasteiger partial charge in [-0.15, -0.1) is 0 Å². The Bertz CT molecular complexity index is 858. The first-order chi connectivity index (χ1) is 14.4. The Morgan fingerprint density at radius 3 is 2.80 bits per heavy atom. The number of nitrogens with zero attached hydrogens (tertiary/aromatic N) is 3. The van der Waals surface area contributed by atoms with Gasteiger partial charge in [0.2, 0.25) is 5.89 Å². The third-order valence-electron chi connectivity index (χ3n) is 9.61. The van der Waals surface area contributed by atoms with E-state index < -0.39 is 0 Å². The van der Waals surface area contributed by atoms with Crippen molar-refractivity contribution in [1.82, 2.24) is 10.1 Å². The summed E-state index contributed by atoms with van der Waals surface area (Å²) in [6, 6.07) is 0. The molecule has 3 fully saturated rings. The predicted octanol–water partition coefficient (Wildman–Crippen LogP) is 5.89. The average molecular weight is 412 g/mol. The van der Waals surface area contributed by atoms with Gasteiger partial charge in [0.25, 0.3) is 0 Å². The van der Waals surface area contributed by atoms with Crippen LogP contribution in [-0.2, 0) is 11.3 Å². The van der Waals surface area contributed by atoms with Crippen LogP contribution in [0, 0.1) is 41.4 Å². The molecule has 0 spiro atoms. The highest BCUT2D eigenvalue weighted by molar-refractivity contribution is 5.96. The van der Waals surface area contributed by atoms with E-state index in [1.165, 1.54) is 44.9 Å². The first kappa shape index (κ1) is 20.3. The molecule has 4 aliphatic rings. The Morgan fingerprint density at radius 1 is 1.13 bits per heavy atom. The van der Waals surface area contributed by atoms with E-state index in [9.17, 15) is 0 Å². The SMILES string of the molecule is Cc1noc(CCON=C2C=C3CCC4C(CC[C@@]5(C)C4CC[C@@H]5C)[C@@]3(C)CC2)n1. The van der Waals surface area contributed by atoms with E-state index in [-0.39, 0.29) is 0 Å². The zero-order valence-corrected chi connectivity index (χ0v) is 19.1. The van der Waals surface area contributed by atoms with Crippen molar-refractivity contribution >= 4 is 5.71 Å². The van der Waals surface area contributed by atoms with Gasteiger partial charge < -0.3 is 9.36 Å². The van der Waals surface area contributed by atoms with Crippen LogP contribution < -0.4 is 0 Å². The fourth-order valence-corrected chi connectivity index (χ4v) is 7.61. The average Bonchev–Trinajstić information content (AvgIpc) is 3.28. The van der Waals surface area contributed by atoms with Crippen molar-refractivity contribution in [2.75, 3.05) is 6.61 Å². The van der Waals surface area contributed by atoms with Crippen molar-refractivity contribution < 1.29 is 9.36 Å². The fraction of sp³-hybridized carbons (Fsp3) is 0.800. The molecule has 0 saturated heterocycles. The molecule has 0 bridgehead atoms. The molecule has 5 rings (SSSR count). The number of rotatable bonds is 4. The standard InChI is InChI=1S/C25H37N3O2/c1-16-5-8-21-20-7-6-18-15-19(28-29-14-11-23-26-17(2)27-30-23)9-12-25(18,4)22(20)10-13-24(16,21)3/h15-16,20-22H,5-14H2,1-4H3/t16-,20?,21?,22?,24+,25-/m0/s1. The number of allylic oxidation sites excluding steroid dienone is 2. The van der Waals surface area contributed by atoms with Gasteiger partial charge in [0.1, 0.15) is 6.61 Å². The van der Waals surface area contributed by atoms with Crippen molar-refractivity contribution in [2.45, 2.75) is 85.5 Å². The summed E-state index contributed by atoms with van der Waals surface area (Å²) in [4.78, 5) is 9.81. The highest BCUT2D eigenvalue weighted by Gasteiger charge is 2.57. The Balaban J connectivity index is 1.26. The van der Waals surface area contributed by atoms with Gasteiger partial charge in [0.05, 0.1) is 12.1 Å². The normalized spacial score (nSPS) is 41.7. The van der Waals surface area contributed by atoms with Gasteiger partial charge in [-0.05, 0) is 98.9 Å². The third kappa shape index (κ3) is 3.23. The van der Waals surface area contributed by atoms with E-state index in [1.54, 1.807) is 5.57 Å². The van der Waals surface area contributed by atoms with Crippen LogP contribution in [0.25, 0.3) is 0 Å². The summed E-state index contributed by atoms with van der Waals surface area (Å²) in [5.41, 5.74) is 3.72. The summed E-state index contributed by atoms with van der Waals surface area (Å²) in [6.07, 6.45) is 13.6. The number of hydrogen-bond acceptors (Lipinski definition) is 5. The number of hydrogen-bond donors (Lipinski definition) is 0. The zero-order valence-electron chi connectivity index (χ0n) is 19.1. The lowest BCUT2D eigenvalue weighted by molar-refractivity contribution is -0.0465. The largest absolute Gasteiger partial charge is 0.395 e. The summed E-state index contributed by atoms with van der Waals surface area (Å²) in [5.74, 6) is 4.94. The molecule has 3 unspecified atom stereocenters. The third-order valence-corrected chi connectivity index (χ3v) is 9.61. The van der Waals surface area contributed by atoms with E-state index >= 15 is 0 Å². The second-order valence-electron chi connectivity index (χ2n) is 10.9. The molecule has 30 heavy (non-hydrogen) atoms. The van der Waals surface area contributed by atoms with E-state index in [0.717, 1.165) is 35.8 Å². The molecule has 6 atom stereocenters. The van der Waals surface area contributed by atoms with Crippen LogP contribution in [-0.4, -0.2) is 22.5 Å². The van der Waals surface area contributed by atoms with Crippen LogP contribution >= 0.6 is 0 Å². The molecule has 0 amide bonds. The van der Waals surface area contributed by atoms with Crippen molar-refractivity contribution in [3.05, 3.63) is 23.4 Å². The Labute approximate surface area is 180 Å². The van der Waals surface area contributed by atoms with E-state index in [0.29, 0.717) is 35.6 Å². The number of oxime groups is 1. The molecule has 5 heteroatoms. The number of fused-ring (bicyclic) bond motifs is 5. The molecule has 5 nitrogen and oxygen atoms in total. The van der Waals surface area contributed by atoms with Crippen LogP contribution in [0.2, 0.25) is 0 Å².